The van der Waals surface area contributed by atoms with Crippen LogP contribution in [0.15, 0.2) is 54.6 Å². The zero-order chi connectivity index (χ0) is 26.2. The average molecular weight is 522 g/mol. The maximum atomic E-state index is 13.4. The van der Waals surface area contributed by atoms with Crippen LogP contribution in [0.2, 0.25) is 5.02 Å². The summed E-state index contributed by atoms with van der Waals surface area (Å²) in [6.45, 7) is 8.01. The molecule has 0 spiro atoms. The number of carbonyl (C=O) groups excluding carboxylic acids is 2. The molecule has 0 aliphatic carbocycles. The van der Waals surface area contributed by atoms with Crippen molar-refractivity contribution in [3.05, 3.63) is 65.2 Å². The summed E-state index contributed by atoms with van der Waals surface area (Å²) < 4.78 is 26.0. The molecule has 0 aliphatic rings. The van der Waals surface area contributed by atoms with Crippen LogP contribution in [-0.2, 0) is 26.2 Å². The van der Waals surface area contributed by atoms with Crippen LogP contribution in [0.3, 0.4) is 0 Å². The number of hydrogen-bond acceptors (Lipinski definition) is 4. The highest BCUT2D eigenvalue weighted by Crippen LogP contribution is 2.22. The van der Waals surface area contributed by atoms with Crippen molar-refractivity contribution in [2.75, 3.05) is 17.1 Å². The quantitative estimate of drug-likeness (QED) is 0.468. The molecule has 192 valence electrons. The van der Waals surface area contributed by atoms with Gasteiger partial charge in [-0.2, -0.15) is 0 Å². The summed E-state index contributed by atoms with van der Waals surface area (Å²) in [4.78, 5) is 28.0. The van der Waals surface area contributed by atoms with Crippen LogP contribution in [0.25, 0.3) is 0 Å². The van der Waals surface area contributed by atoms with E-state index in [0.29, 0.717) is 30.1 Å². The second-order valence-corrected chi connectivity index (χ2v) is 11.9. The highest BCUT2D eigenvalue weighted by molar-refractivity contribution is 7.92. The summed E-state index contributed by atoms with van der Waals surface area (Å²) in [6, 6.07) is 15.4. The fourth-order valence-electron chi connectivity index (χ4n) is 3.76. The molecule has 7 nitrogen and oxygen atoms in total. The molecule has 2 aromatic rings. The standard InChI is InChI=1S/C26H36ClN3O4S/c1-6-23(25(32)28-26(2,3)4)29(19-20-11-8-7-9-12-20)24(31)13-10-18-30(35(5,33)34)22-16-14-21(27)15-17-22/h7-9,11-12,14-17,23H,6,10,13,18-19H2,1-5H3,(H,28,32)/t23-/m0/s1. The Labute approximate surface area is 214 Å². The molecule has 0 fully saturated rings. The Morgan fingerprint density at radius 3 is 2.14 bits per heavy atom. The van der Waals surface area contributed by atoms with Crippen molar-refractivity contribution >= 4 is 39.1 Å². The van der Waals surface area contributed by atoms with E-state index in [9.17, 15) is 18.0 Å². The lowest BCUT2D eigenvalue weighted by Gasteiger charge is -2.33. The molecule has 0 bridgehead atoms. The predicted molar refractivity (Wildman–Crippen MR) is 142 cm³/mol. The molecule has 1 N–H and O–H groups in total. The van der Waals surface area contributed by atoms with Gasteiger partial charge in [-0.05, 0) is 63.4 Å². The lowest BCUT2D eigenvalue weighted by atomic mass is 10.0. The van der Waals surface area contributed by atoms with Gasteiger partial charge in [-0.1, -0.05) is 48.9 Å². The van der Waals surface area contributed by atoms with Crippen molar-refractivity contribution in [2.24, 2.45) is 0 Å². The first-order valence-electron chi connectivity index (χ1n) is 11.7. The molecule has 0 unspecified atom stereocenters. The molecular weight excluding hydrogens is 486 g/mol. The van der Waals surface area contributed by atoms with Crippen molar-refractivity contribution in [1.29, 1.82) is 0 Å². The average Bonchev–Trinajstić information content (AvgIpc) is 2.76. The van der Waals surface area contributed by atoms with Crippen LogP contribution in [0.4, 0.5) is 5.69 Å². The van der Waals surface area contributed by atoms with Crippen LogP contribution in [0.1, 0.15) is 52.5 Å². The summed E-state index contributed by atoms with van der Waals surface area (Å²) in [5.41, 5.74) is 0.976. The number of anilines is 1. The number of halogens is 1. The highest BCUT2D eigenvalue weighted by Gasteiger charge is 2.30. The molecule has 0 aromatic heterocycles. The van der Waals surface area contributed by atoms with Crippen LogP contribution < -0.4 is 9.62 Å². The van der Waals surface area contributed by atoms with Crippen molar-refractivity contribution in [1.82, 2.24) is 10.2 Å². The van der Waals surface area contributed by atoms with E-state index in [1.54, 1.807) is 29.2 Å². The number of nitrogens with one attached hydrogen (secondary N) is 1. The second kappa shape index (κ2) is 12.4. The summed E-state index contributed by atoms with van der Waals surface area (Å²) in [7, 11) is -3.55. The lowest BCUT2D eigenvalue weighted by molar-refractivity contribution is -0.142. The van der Waals surface area contributed by atoms with Crippen LogP contribution >= 0.6 is 11.6 Å². The number of amides is 2. The smallest absolute Gasteiger partial charge is 0.243 e. The maximum Gasteiger partial charge on any atom is 0.243 e. The SMILES string of the molecule is CC[C@@H](C(=O)NC(C)(C)C)N(Cc1ccccc1)C(=O)CCCN(c1ccc(Cl)cc1)S(C)(=O)=O. The normalized spacial score (nSPS) is 12.6. The van der Waals surface area contributed by atoms with Gasteiger partial charge >= 0.3 is 0 Å². The Kier molecular flexibility index (Phi) is 10.2. The van der Waals surface area contributed by atoms with Gasteiger partial charge in [-0.3, -0.25) is 13.9 Å². The van der Waals surface area contributed by atoms with E-state index >= 15 is 0 Å². The first-order chi connectivity index (χ1) is 16.3. The minimum atomic E-state index is -3.55. The van der Waals surface area contributed by atoms with E-state index in [1.165, 1.54) is 4.31 Å². The molecule has 2 rings (SSSR count). The molecule has 0 heterocycles. The Morgan fingerprint density at radius 2 is 1.63 bits per heavy atom. The van der Waals surface area contributed by atoms with Crippen molar-refractivity contribution in [3.8, 4) is 0 Å². The molecule has 2 amide bonds. The number of benzene rings is 2. The molecule has 35 heavy (non-hydrogen) atoms. The summed E-state index contributed by atoms with van der Waals surface area (Å²) >= 11 is 5.94. The third kappa shape index (κ3) is 9.18. The molecule has 9 heteroatoms. The van der Waals surface area contributed by atoms with Gasteiger partial charge in [0.1, 0.15) is 6.04 Å². The molecular formula is C26H36ClN3O4S. The summed E-state index contributed by atoms with van der Waals surface area (Å²) in [5, 5.41) is 3.49. The van der Waals surface area contributed by atoms with Crippen molar-refractivity contribution in [2.45, 2.75) is 65.1 Å². The number of rotatable bonds is 11. The molecule has 2 aromatic carbocycles. The van der Waals surface area contributed by atoms with E-state index < -0.39 is 21.6 Å². The molecule has 0 aliphatic heterocycles. The topological polar surface area (TPSA) is 86.8 Å². The molecule has 0 saturated carbocycles. The van der Waals surface area contributed by atoms with Crippen molar-refractivity contribution < 1.29 is 18.0 Å². The van der Waals surface area contributed by atoms with E-state index in [-0.39, 0.29) is 24.8 Å². The number of sulfonamides is 1. The van der Waals surface area contributed by atoms with E-state index in [1.807, 2.05) is 58.0 Å². The van der Waals surface area contributed by atoms with Gasteiger partial charge in [-0.15, -0.1) is 0 Å². The fourth-order valence-corrected chi connectivity index (χ4v) is 4.86. The van der Waals surface area contributed by atoms with Gasteiger partial charge in [0.25, 0.3) is 0 Å². The van der Waals surface area contributed by atoms with Gasteiger partial charge in [0.2, 0.25) is 21.8 Å². The third-order valence-electron chi connectivity index (χ3n) is 5.35. The Morgan fingerprint density at radius 1 is 1.03 bits per heavy atom. The highest BCUT2D eigenvalue weighted by atomic mass is 35.5. The van der Waals surface area contributed by atoms with Crippen LogP contribution in [0, 0.1) is 0 Å². The van der Waals surface area contributed by atoms with Gasteiger partial charge in [-0.25, -0.2) is 8.42 Å². The van der Waals surface area contributed by atoms with Gasteiger partial charge < -0.3 is 10.2 Å². The Hall–Kier alpha value is -2.58. The monoisotopic (exact) mass is 521 g/mol. The van der Waals surface area contributed by atoms with Crippen LogP contribution in [0.5, 0.6) is 0 Å². The largest absolute Gasteiger partial charge is 0.350 e. The minimum absolute atomic E-state index is 0.103. The van der Waals surface area contributed by atoms with Crippen molar-refractivity contribution in [3.63, 3.8) is 0 Å². The van der Waals surface area contributed by atoms with Gasteiger partial charge in [0.05, 0.1) is 11.9 Å². The Balaban J connectivity index is 2.20. The molecule has 0 radical (unpaired) electrons. The van der Waals surface area contributed by atoms with E-state index in [2.05, 4.69) is 5.32 Å². The second-order valence-electron chi connectivity index (χ2n) is 9.59. The van der Waals surface area contributed by atoms with E-state index in [0.717, 1.165) is 11.8 Å². The lowest BCUT2D eigenvalue weighted by Crippen LogP contribution is -2.53. The summed E-state index contributed by atoms with van der Waals surface area (Å²) in [6.07, 6.45) is 2.00. The van der Waals surface area contributed by atoms with Gasteiger partial charge in [0.15, 0.2) is 0 Å². The maximum absolute atomic E-state index is 13.4. The molecule has 0 saturated heterocycles. The fraction of sp³-hybridized carbons (Fsp3) is 0.462. The Bertz CT molecular complexity index is 1080. The van der Waals surface area contributed by atoms with Gasteiger partial charge in [0, 0.05) is 30.1 Å². The number of nitrogens with zero attached hydrogens (tertiary/aromatic N) is 2. The number of carbonyl (C=O) groups is 2. The molecule has 1 atom stereocenters. The first-order valence-corrected chi connectivity index (χ1v) is 13.9. The zero-order valence-corrected chi connectivity index (χ0v) is 22.7. The van der Waals surface area contributed by atoms with Crippen LogP contribution in [-0.4, -0.2) is 49.5 Å². The minimum Gasteiger partial charge on any atom is -0.350 e. The third-order valence-corrected chi connectivity index (χ3v) is 6.79. The predicted octanol–water partition coefficient (Wildman–Crippen LogP) is 4.61. The summed E-state index contributed by atoms with van der Waals surface area (Å²) in [5.74, 6) is -0.405. The number of hydrogen-bond donors (Lipinski definition) is 1. The first kappa shape index (κ1) is 28.7. The zero-order valence-electron chi connectivity index (χ0n) is 21.1. The van der Waals surface area contributed by atoms with E-state index in [4.69, 9.17) is 11.6 Å².